The third-order valence-corrected chi connectivity index (χ3v) is 3.17. The highest BCUT2D eigenvalue weighted by Gasteiger charge is 2.09. The first-order chi connectivity index (χ1) is 8.61. The Bertz CT molecular complexity index is 538. The number of benzene rings is 1. The molecule has 0 atom stereocenters. The minimum atomic E-state index is 0.300. The molecule has 0 unspecified atom stereocenters. The van der Waals surface area contributed by atoms with Crippen LogP contribution in [0.1, 0.15) is 25.5 Å². The summed E-state index contributed by atoms with van der Waals surface area (Å²) >= 11 is 11.9. The third-order valence-electron chi connectivity index (χ3n) is 2.54. The maximum Gasteiger partial charge on any atom is 0.165 e. The first kappa shape index (κ1) is 13.2. The Morgan fingerprint density at radius 2 is 2.17 bits per heavy atom. The number of alkyl halides is 1. The lowest BCUT2D eigenvalue weighted by Crippen LogP contribution is -1.99. The fraction of sp³-hybridized carbons (Fsp3) is 0.308. The van der Waals surface area contributed by atoms with Gasteiger partial charge >= 0.3 is 0 Å². The van der Waals surface area contributed by atoms with Crippen molar-refractivity contribution in [1.29, 1.82) is 0 Å². The zero-order valence-corrected chi connectivity index (χ0v) is 11.7. The predicted molar refractivity (Wildman–Crippen MR) is 73.7 cm³/mol. The summed E-state index contributed by atoms with van der Waals surface area (Å²) in [4.78, 5) is 0. The fourth-order valence-corrected chi connectivity index (χ4v) is 2.12. The van der Waals surface area contributed by atoms with Crippen LogP contribution in [0.4, 0.5) is 0 Å². The van der Waals surface area contributed by atoms with E-state index in [1.807, 2.05) is 23.0 Å². The highest BCUT2D eigenvalue weighted by molar-refractivity contribution is 6.32. The number of ether oxygens (including phenoxy) is 1. The van der Waals surface area contributed by atoms with E-state index in [0.717, 1.165) is 5.56 Å². The second-order valence-corrected chi connectivity index (χ2v) is 4.88. The molecule has 1 heterocycles. The van der Waals surface area contributed by atoms with Crippen LogP contribution in [0.5, 0.6) is 11.5 Å². The molecule has 0 fully saturated rings. The summed E-state index contributed by atoms with van der Waals surface area (Å²) in [5.41, 5.74) is 0.790. The monoisotopic (exact) mass is 284 g/mol. The van der Waals surface area contributed by atoms with Crippen molar-refractivity contribution in [3.05, 3.63) is 41.2 Å². The van der Waals surface area contributed by atoms with Gasteiger partial charge in [-0.2, -0.15) is 5.10 Å². The van der Waals surface area contributed by atoms with E-state index in [9.17, 15) is 0 Å². The van der Waals surface area contributed by atoms with Crippen molar-refractivity contribution in [1.82, 2.24) is 9.78 Å². The minimum Gasteiger partial charge on any atom is -0.454 e. The van der Waals surface area contributed by atoms with Gasteiger partial charge in [-0.15, -0.1) is 11.6 Å². The van der Waals surface area contributed by atoms with Crippen LogP contribution in [0.2, 0.25) is 5.02 Å². The number of hydrogen-bond donors (Lipinski definition) is 0. The molecule has 0 spiro atoms. The Morgan fingerprint density at radius 3 is 2.78 bits per heavy atom. The molecule has 0 aliphatic carbocycles. The fourth-order valence-electron chi connectivity index (χ4n) is 1.55. The molecule has 0 aliphatic rings. The first-order valence-corrected chi connectivity index (χ1v) is 6.58. The zero-order valence-electron chi connectivity index (χ0n) is 10.2. The normalized spacial score (nSPS) is 10.9. The molecule has 1 aromatic heterocycles. The van der Waals surface area contributed by atoms with Crippen molar-refractivity contribution in [3.8, 4) is 11.5 Å². The highest BCUT2D eigenvalue weighted by Crippen LogP contribution is 2.31. The summed E-state index contributed by atoms with van der Waals surface area (Å²) in [6, 6.07) is 5.77. The van der Waals surface area contributed by atoms with E-state index in [-0.39, 0.29) is 0 Å². The van der Waals surface area contributed by atoms with E-state index in [2.05, 4.69) is 18.9 Å². The van der Waals surface area contributed by atoms with Gasteiger partial charge in [0.1, 0.15) is 5.75 Å². The van der Waals surface area contributed by atoms with E-state index in [4.69, 9.17) is 27.9 Å². The molecule has 0 N–H and O–H groups in total. The van der Waals surface area contributed by atoms with Crippen molar-refractivity contribution in [2.45, 2.75) is 25.8 Å². The predicted octanol–water partition coefficient (Wildman–Crippen LogP) is 4.65. The summed E-state index contributed by atoms with van der Waals surface area (Å²) in [6.45, 7) is 4.11. The molecule has 1 aromatic carbocycles. The highest BCUT2D eigenvalue weighted by atomic mass is 35.5. The molecule has 2 aromatic rings. The van der Waals surface area contributed by atoms with Gasteiger partial charge in [-0.25, -0.2) is 0 Å². The van der Waals surface area contributed by atoms with Crippen LogP contribution < -0.4 is 4.74 Å². The van der Waals surface area contributed by atoms with Crippen molar-refractivity contribution in [2.75, 3.05) is 0 Å². The smallest absolute Gasteiger partial charge is 0.165 e. The van der Waals surface area contributed by atoms with Crippen LogP contribution in [0, 0.1) is 0 Å². The van der Waals surface area contributed by atoms with Crippen LogP contribution in [0.15, 0.2) is 30.6 Å². The minimum absolute atomic E-state index is 0.300. The van der Waals surface area contributed by atoms with Gasteiger partial charge in [-0.3, -0.25) is 4.68 Å². The topological polar surface area (TPSA) is 27.1 Å². The Kier molecular flexibility index (Phi) is 4.15. The van der Waals surface area contributed by atoms with Crippen LogP contribution in [-0.2, 0) is 5.88 Å². The number of rotatable bonds is 4. The lowest BCUT2D eigenvalue weighted by Gasteiger charge is -2.09. The Labute approximate surface area is 116 Å². The molecule has 0 radical (unpaired) electrons. The lowest BCUT2D eigenvalue weighted by atomic mass is 10.2. The zero-order chi connectivity index (χ0) is 13.1. The molecule has 0 aliphatic heterocycles. The largest absolute Gasteiger partial charge is 0.454 e. The average Bonchev–Trinajstić information content (AvgIpc) is 2.78. The van der Waals surface area contributed by atoms with Crippen LogP contribution in [0.25, 0.3) is 0 Å². The van der Waals surface area contributed by atoms with E-state index < -0.39 is 0 Å². The van der Waals surface area contributed by atoms with Gasteiger partial charge in [-0.05, 0) is 26.0 Å². The SMILES string of the molecule is CC(C)n1cc(Oc2cccc(Cl)c2CCl)cn1. The van der Waals surface area contributed by atoms with Crippen molar-refractivity contribution >= 4 is 23.2 Å². The second kappa shape index (κ2) is 5.63. The van der Waals surface area contributed by atoms with Gasteiger partial charge in [0.05, 0.1) is 18.3 Å². The molecule has 96 valence electrons. The quantitative estimate of drug-likeness (QED) is 0.765. The molecule has 0 amide bonds. The number of aromatic nitrogens is 2. The van der Waals surface area contributed by atoms with Gasteiger partial charge in [0.25, 0.3) is 0 Å². The Hall–Kier alpha value is -1.19. The number of nitrogens with zero attached hydrogens (tertiary/aromatic N) is 2. The van der Waals surface area contributed by atoms with Crippen molar-refractivity contribution in [2.24, 2.45) is 0 Å². The summed E-state index contributed by atoms with van der Waals surface area (Å²) < 4.78 is 7.59. The molecule has 3 nitrogen and oxygen atoms in total. The second-order valence-electron chi connectivity index (χ2n) is 4.20. The molecule has 18 heavy (non-hydrogen) atoms. The van der Waals surface area contributed by atoms with Gasteiger partial charge in [0, 0.05) is 16.6 Å². The van der Waals surface area contributed by atoms with E-state index in [0.29, 0.717) is 28.4 Å². The molecular weight excluding hydrogens is 271 g/mol. The van der Waals surface area contributed by atoms with Crippen molar-refractivity contribution < 1.29 is 4.74 Å². The van der Waals surface area contributed by atoms with E-state index in [1.54, 1.807) is 12.3 Å². The van der Waals surface area contributed by atoms with E-state index in [1.165, 1.54) is 0 Å². The van der Waals surface area contributed by atoms with Gasteiger partial charge < -0.3 is 4.74 Å². The maximum absolute atomic E-state index is 6.07. The standard InChI is InChI=1S/C13H14Cl2N2O/c1-9(2)17-8-10(7-16-17)18-13-5-3-4-12(15)11(13)6-14/h3-5,7-9H,6H2,1-2H3. The molecule has 0 saturated heterocycles. The Balaban J connectivity index is 2.25. The molecule has 0 bridgehead atoms. The molecule has 5 heteroatoms. The van der Waals surface area contributed by atoms with E-state index >= 15 is 0 Å². The third kappa shape index (κ3) is 2.79. The summed E-state index contributed by atoms with van der Waals surface area (Å²) in [7, 11) is 0. The number of hydrogen-bond acceptors (Lipinski definition) is 2. The van der Waals surface area contributed by atoms with Gasteiger partial charge in [0.2, 0.25) is 0 Å². The van der Waals surface area contributed by atoms with Crippen molar-refractivity contribution in [3.63, 3.8) is 0 Å². The molecule has 2 rings (SSSR count). The summed E-state index contributed by atoms with van der Waals surface area (Å²) in [5.74, 6) is 1.66. The van der Waals surface area contributed by atoms with Crippen LogP contribution in [0.3, 0.4) is 0 Å². The summed E-state index contributed by atoms with van der Waals surface area (Å²) in [6.07, 6.45) is 3.53. The van der Waals surface area contributed by atoms with Gasteiger partial charge in [-0.1, -0.05) is 17.7 Å². The first-order valence-electron chi connectivity index (χ1n) is 5.67. The van der Waals surface area contributed by atoms with Gasteiger partial charge in [0.15, 0.2) is 5.75 Å². The average molecular weight is 285 g/mol. The summed E-state index contributed by atoms with van der Waals surface area (Å²) in [5, 5.41) is 4.83. The van der Waals surface area contributed by atoms with Crippen LogP contribution >= 0.6 is 23.2 Å². The number of halogens is 2. The Morgan fingerprint density at radius 1 is 1.39 bits per heavy atom. The lowest BCUT2D eigenvalue weighted by molar-refractivity contribution is 0.473. The van der Waals surface area contributed by atoms with Crippen LogP contribution in [-0.4, -0.2) is 9.78 Å². The maximum atomic E-state index is 6.07. The molecule has 0 saturated carbocycles. The molecular formula is C13H14Cl2N2O.